The highest BCUT2D eigenvalue weighted by Gasteiger charge is 2.25. The maximum Gasteiger partial charge on any atom is 0.0667 e. The number of likely N-dealkylation sites (N-methyl/N-ethyl adjacent to an activating group) is 1. The van der Waals surface area contributed by atoms with Crippen molar-refractivity contribution in [2.24, 2.45) is 0 Å². The Balaban J connectivity index is 3.87. The average Bonchev–Trinajstić information content (AvgIpc) is 2.01. The Morgan fingerprint density at radius 2 is 1.70 bits per heavy atom. The van der Waals surface area contributed by atoms with E-state index in [0.717, 1.165) is 0 Å². The highest BCUT2D eigenvalue weighted by atomic mass is 16.3. The van der Waals surface area contributed by atoms with Gasteiger partial charge in [-0.2, -0.15) is 0 Å². The molecular formula is C6H15NO3. The molecule has 0 heterocycles. The van der Waals surface area contributed by atoms with E-state index in [2.05, 4.69) is 5.32 Å². The predicted octanol–water partition coefficient (Wildman–Crippen LogP) is -1.69. The second-order valence-electron chi connectivity index (χ2n) is 2.32. The zero-order valence-corrected chi connectivity index (χ0v) is 6.17. The van der Waals surface area contributed by atoms with Gasteiger partial charge in [-0.15, -0.1) is 0 Å². The summed E-state index contributed by atoms with van der Waals surface area (Å²) < 4.78 is 0. The van der Waals surface area contributed by atoms with Gasteiger partial charge < -0.3 is 20.6 Å². The van der Waals surface area contributed by atoms with Gasteiger partial charge in [0.25, 0.3) is 0 Å². The summed E-state index contributed by atoms with van der Waals surface area (Å²) in [5, 5.41) is 28.8. The Kier molecular flexibility index (Phi) is 4.55. The molecule has 0 saturated carbocycles. The van der Waals surface area contributed by atoms with E-state index in [1.807, 2.05) is 0 Å². The van der Waals surface area contributed by atoms with Crippen LogP contribution in [0.1, 0.15) is 6.42 Å². The molecule has 4 N–H and O–H groups in total. The number of aliphatic hydroxyl groups is 3. The molecule has 0 aliphatic carbocycles. The van der Waals surface area contributed by atoms with Crippen LogP contribution in [-0.2, 0) is 0 Å². The van der Waals surface area contributed by atoms with Crippen molar-refractivity contribution in [2.75, 3.05) is 26.9 Å². The molecule has 0 aromatic heterocycles. The topological polar surface area (TPSA) is 72.7 Å². The van der Waals surface area contributed by atoms with Crippen molar-refractivity contribution in [2.45, 2.75) is 12.0 Å². The lowest BCUT2D eigenvalue weighted by Crippen LogP contribution is -2.50. The van der Waals surface area contributed by atoms with Crippen molar-refractivity contribution in [3.05, 3.63) is 0 Å². The molecule has 0 aromatic carbocycles. The lowest BCUT2D eigenvalue weighted by Gasteiger charge is -2.28. The van der Waals surface area contributed by atoms with Crippen molar-refractivity contribution >= 4 is 0 Å². The molecule has 0 atom stereocenters. The van der Waals surface area contributed by atoms with Crippen molar-refractivity contribution in [1.29, 1.82) is 0 Å². The van der Waals surface area contributed by atoms with E-state index in [1.54, 1.807) is 7.05 Å². The molecule has 0 aromatic rings. The van der Waals surface area contributed by atoms with Crippen LogP contribution in [0.5, 0.6) is 0 Å². The van der Waals surface area contributed by atoms with Crippen LogP contribution in [0.2, 0.25) is 0 Å². The summed E-state index contributed by atoms with van der Waals surface area (Å²) in [6, 6.07) is 0. The number of hydrogen-bond acceptors (Lipinski definition) is 4. The lowest BCUT2D eigenvalue weighted by atomic mass is 9.98. The standard InChI is InChI=1S/C6H15NO3/c1-7-6(4-9,5-10)2-3-8/h7-10H,2-5H2,1H3. The third kappa shape index (κ3) is 2.22. The zero-order chi connectivity index (χ0) is 8.04. The summed E-state index contributed by atoms with van der Waals surface area (Å²) in [5.74, 6) is 0. The molecule has 0 saturated heterocycles. The molecule has 0 fully saturated rings. The van der Waals surface area contributed by atoms with Crippen LogP contribution in [0.25, 0.3) is 0 Å². The molecule has 10 heavy (non-hydrogen) atoms. The lowest BCUT2D eigenvalue weighted by molar-refractivity contribution is 0.0744. The molecule has 0 aliphatic rings. The van der Waals surface area contributed by atoms with Gasteiger partial charge in [0.1, 0.15) is 0 Å². The molecule has 62 valence electrons. The molecule has 0 aliphatic heterocycles. The van der Waals surface area contributed by atoms with Crippen LogP contribution in [0.15, 0.2) is 0 Å². The van der Waals surface area contributed by atoms with E-state index >= 15 is 0 Å². The molecule has 0 unspecified atom stereocenters. The first-order chi connectivity index (χ1) is 4.74. The van der Waals surface area contributed by atoms with Crippen LogP contribution in [-0.4, -0.2) is 47.7 Å². The van der Waals surface area contributed by atoms with E-state index in [4.69, 9.17) is 15.3 Å². The largest absolute Gasteiger partial charge is 0.396 e. The van der Waals surface area contributed by atoms with Gasteiger partial charge >= 0.3 is 0 Å². The number of rotatable bonds is 5. The molecule has 0 bridgehead atoms. The zero-order valence-electron chi connectivity index (χ0n) is 6.17. The van der Waals surface area contributed by atoms with Crippen molar-refractivity contribution < 1.29 is 15.3 Å². The number of aliphatic hydroxyl groups excluding tert-OH is 3. The maximum absolute atomic E-state index is 8.77. The highest BCUT2D eigenvalue weighted by Crippen LogP contribution is 2.06. The Morgan fingerprint density at radius 3 is 1.80 bits per heavy atom. The van der Waals surface area contributed by atoms with Gasteiger partial charge in [-0.05, 0) is 13.5 Å². The van der Waals surface area contributed by atoms with Gasteiger partial charge in [0.15, 0.2) is 0 Å². The Hall–Kier alpha value is -0.160. The summed E-state index contributed by atoms with van der Waals surface area (Å²) in [5.41, 5.74) is -0.714. The quantitative estimate of drug-likeness (QED) is 0.376. The van der Waals surface area contributed by atoms with Gasteiger partial charge in [-0.3, -0.25) is 0 Å². The minimum Gasteiger partial charge on any atom is -0.396 e. The summed E-state index contributed by atoms with van der Waals surface area (Å²) in [7, 11) is 1.64. The summed E-state index contributed by atoms with van der Waals surface area (Å²) in [4.78, 5) is 0. The van der Waals surface area contributed by atoms with Gasteiger partial charge in [-0.1, -0.05) is 0 Å². The number of nitrogens with one attached hydrogen (secondary N) is 1. The van der Waals surface area contributed by atoms with Crippen molar-refractivity contribution in [3.63, 3.8) is 0 Å². The van der Waals surface area contributed by atoms with E-state index in [0.29, 0.717) is 6.42 Å². The smallest absolute Gasteiger partial charge is 0.0667 e. The monoisotopic (exact) mass is 149 g/mol. The van der Waals surface area contributed by atoms with Crippen LogP contribution >= 0.6 is 0 Å². The Bertz CT molecular complexity index is 74.8. The van der Waals surface area contributed by atoms with Crippen LogP contribution in [0.4, 0.5) is 0 Å². The average molecular weight is 149 g/mol. The number of hydrogen-bond donors (Lipinski definition) is 4. The fourth-order valence-corrected chi connectivity index (χ4v) is 0.705. The molecular weight excluding hydrogens is 134 g/mol. The van der Waals surface area contributed by atoms with E-state index in [1.165, 1.54) is 0 Å². The Morgan fingerprint density at radius 1 is 1.20 bits per heavy atom. The van der Waals surface area contributed by atoms with Gasteiger partial charge in [0.05, 0.1) is 18.8 Å². The maximum atomic E-state index is 8.77. The third-order valence-electron chi connectivity index (χ3n) is 1.73. The van der Waals surface area contributed by atoms with E-state index < -0.39 is 5.54 Å². The SMILES string of the molecule is CNC(CO)(CO)CCO. The van der Waals surface area contributed by atoms with Crippen LogP contribution < -0.4 is 5.32 Å². The molecule has 0 spiro atoms. The summed E-state index contributed by atoms with van der Waals surface area (Å²) in [6.45, 7) is -0.372. The summed E-state index contributed by atoms with van der Waals surface area (Å²) in [6.07, 6.45) is 0.358. The van der Waals surface area contributed by atoms with Crippen LogP contribution in [0.3, 0.4) is 0 Å². The second kappa shape index (κ2) is 4.62. The molecule has 4 heteroatoms. The van der Waals surface area contributed by atoms with Gasteiger partial charge in [0.2, 0.25) is 0 Å². The van der Waals surface area contributed by atoms with Gasteiger partial charge in [0, 0.05) is 6.61 Å². The first kappa shape index (κ1) is 9.84. The molecule has 0 rings (SSSR count). The Labute approximate surface area is 60.5 Å². The molecule has 0 amide bonds. The summed E-state index contributed by atoms with van der Waals surface area (Å²) >= 11 is 0. The normalized spacial score (nSPS) is 12.0. The third-order valence-corrected chi connectivity index (χ3v) is 1.73. The fourth-order valence-electron chi connectivity index (χ4n) is 0.705. The van der Waals surface area contributed by atoms with Crippen LogP contribution in [0, 0.1) is 0 Å². The molecule has 4 nitrogen and oxygen atoms in total. The predicted molar refractivity (Wildman–Crippen MR) is 37.7 cm³/mol. The highest BCUT2D eigenvalue weighted by molar-refractivity contribution is 4.84. The minimum absolute atomic E-state index is 0.0397. The first-order valence-electron chi connectivity index (χ1n) is 3.26. The molecule has 0 radical (unpaired) electrons. The van der Waals surface area contributed by atoms with Crippen molar-refractivity contribution in [1.82, 2.24) is 5.32 Å². The first-order valence-corrected chi connectivity index (χ1v) is 3.26. The van der Waals surface area contributed by atoms with Crippen molar-refractivity contribution in [3.8, 4) is 0 Å². The van der Waals surface area contributed by atoms with E-state index in [-0.39, 0.29) is 19.8 Å². The minimum atomic E-state index is -0.714. The fraction of sp³-hybridized carbons (Fsp3) is 1.00. The second-order valence-corrected chi connectivity index (χ2v) is 2.32. The van der Waals surface area contributed by atoms with Gasteiger partial charge in [-0.25, -0.2) is 0 Å². The van der Waals surface area contributed by atoms with E-state index in [9.17, 15) is 0 Å².